The van der Waals surface area contributed by atoms with Crippen LogP contribution in [0.1, 0.15) is 11.5 Å². The number of carbonyl (C=O) groups excluding carboxylic acids is 1. The van der Waals surface area contributed by atoms with E-state index in [1.54, 1.807) is 19.2 Å². The van der Waals surface area contributed by atoms with Crippen LogP contribution in [0.5, 0.6) is 0 Å². The molecule has 2 heterocycles. The standard InChI is InChI=1S/C14H18N6O2/c1-10-6-14(22)20(9-17-10)8-13(21)16-7-11-15-5-4-12(18-11)19(2)3/h4-6,9H,7-8H2,1-3H3,(H,16,21). The van der Waals surface area contributed by atoms with Gasteiger partial charge in [0.05, 0.1) is 12.9 Å². The van der Waals surface area contributed by atoms with Crippen LogP contribution in [0.2, 0.25) is 0 Å². The predicted molar refractivity (Wildman–Crippen MR) is 81.4 cm³/mol. The summed E-state index contributed by atoms with van der Waals surface area (Å²) in [4.78, 5) is 37.8. The van der Waals surface area contributed by atoms with E-state index in [0.717, 1.165) is 5.82 Å². The van der Waals surface area contributed by atoms with E-state index >= 15 is 0 Å². The number of rotatable bonds is 5. The van der Waals surface area contributed by atoms with E-state index in [0.29, 0.717) is 11.5 Å². The van der Waals surface area contributed by atoms with Gasteiger partial charge < -0.3 is 10.2 Å². The lowest BCUT2D eigenvalue weighted by Gasteiger charge is -2.12. The Hall–Kier alpha value is -2.77. The first-order chi connectivity index (χ1) is 10.5. The third-order valence-electron chi connectivity index (χ3n) is 2.92. The van der Waals surface area contributed by atoms with Gasteiger partial charge in [0.15, 0.2) is 0 Å². The molecular weight excluding hydrogens is 284 g/mol. The number of amides is 1. The van der Waals surface area contributed by atoms with Gasteiger partial charge in [-0.3, -0.25) is 14.2 Å². The molecule has 0 fully saturated rings. The van der Waals surface area contributed by atoms with Gasteiger partial charge in [-0.2, -0.15) is 0 Å². The monoisotopic (exact) mass is 302 g/mol. The number of nitrogens with zero attached hydrogens (tertiary/aromatic N) is 5. The molecule has 0 aliphatic rings. The minimum Gasteiger partial charge on any atom is -0.363 e. The number of hydrogen-bond acceptors (Lipinski definition) is 6. The maximum absolute atomic E-state index is 11.9. The summed E-state index contributed by atoms with van der Waals surface area (Å²) in [6.07, 6.45) is 3.00. The Morgan fingerprint density at radius 3 is 2.82 bits per heavy atom. The number of carbonyl (C=O) groups is 1. The third-order valence-corrected chi connectivity index (χ3v) is 2.92. The third kappa shape index (κ3) is 4.11. The molecule has 0 radical (unpaired) electrons. The van der Waals surface area contributed by atoms with E-state index in [2.05, 4.69) is 20.3 Å². The number of anilines is 1. The minimum absolute atomic E-state index is 0.0838. The first kappa shape index (κ1) is 15.6. The number of nitrogens with one attached hydrogen (secondary N) is 1. The number of aryl methyl sites for hydroxylation is 1. The summed E-state index contributed by atoms with van der Waals surface area (Å²) < 4.78 is 1.25. The largest absolute Gasteiger partial charge is 0.363 e. The fourth-order valence-electron chi connectivity index (χ4n) is 1.75. The van der Waals surface area contributed by atoms with Gasteiger partial charge in [0.2, 0.25) is 5.91 Å². The van der Waals surface area contributed by atoms with Crippen LogP contribution in [-0.2, 0) is 17.9 Å². The molecule has 0 spiro atoms. The Morgan fingerprint density at radius 2 is 2.14 bits per heavy atom. The van der Waals surface area contributed by atoms with Gasteiger partial charge in [-0.1, -0.05) is 0 Å². The van der Waals surface area contributed by atoms with Crippen LogP contribution in [-0.4, -0.2) is 39.5 Å². The van der Waals surface area contributed by atoms with E-state index < -0.39 is 0 Å². The molecule has 0 atom stereocenters. The molecular formula is C14H18N6O2. The van der Waals surface area contributed by atoms with Crippen molar-refractivity contribution in [2.24, 2.45) is 0 Å². The van der Waals surface area contributed by atoms with Gasteiger partial charge in [0.1, 0.15) is 18.2 Å². The Balaban J connectivity index is 1.95. The molecule has 1 N–H and O–H groups in total. The predicted octanol–water partition coefficient (Wildman–Crippen LogP) is -0.276. The molecule has 0 aliphatic heterocycles. The fraction of sp³-hybridized carbons (Fsp3) is 0.357. The van der Waals surface area contributed by atoms with Crippen molar-refractivity contribution in [3.8, 4) is 0 Å². The molecule has 0 aromatic carbocycles. The summed E-state index contributed by atoms with van der Waals surface area (Å²) in [5, 5.41) is 2.69. The van der Waals surface area contributed by atoms with Gasteiger partial charge >= 0.3 is 0 Å². The number of hydrogen-bond donors (Lipinski definition) is 1. The van der Waals surface area contributed by atoms with Crippen molar-refractivity contribution in [3.63, 3.8) is 0 Å². The highest BCUT2D eigenvalue weighted by atomic mass is 16.2. The molecule has 8 nitrogen and oxygen atoms in total. The Bertz CT molecular complexity index is 725. The molecule has 1 amide bonds. The van der Waals surface area contributed by atoms with Gasteiger partial charge in [0.25, 0.3) is 5.56 Å². The lowest BCUT2D eigenvalue weighted by molar-refractivity contribution is -0.121. The van der Waals surface area contributed by atoms with Gasteiger partial charge in [-0.25, -0.2) is 15.0 Å². The molecule has 0 unspecified atom stereocenters. The zero-order chi connectivity index (χ0) is 16.1. The van der Waals surface area contributed by atoms with Crippen LogP contribution in [0.15, 0.2) is 29.5 Å². The van der Waals surface area contributed by atoms with Gasteiger partial charge in [0, 0.05) is 32.1 Å². The molecule has 2 rings (SSSR count). The SMILES string of the molecule is Cc1cc(=O)n(CC(=O)NCc2nccc(N(C)C)n2)cn1. The van der Waals surface area contributed by atoms with Crippen molar-refractivity contribution in [1.29, 1.82) is 0 Å². The van der Waals surface area contributed by atoms with Crippen molar-refractivity contribution >= 4 is 11.7 Å². The Morgan fingerprint density at radius 1 is 1.36 bits per heavy atom. The van der Waals surface area contributed by atoms with Crippen molar-refractivity contribution in [2.45, 2.75) is 20.0 Å². The van der Waals surface area contributed by atoms with E-state index in [1.165, 1.54) is 17.0 Å². The van der Waals surface area contributed by atoms with Crippen LogP contribution in [0.4, 0.5) is 5.82 Å². The van der Waals surface area contributed by atoms with E-state index in [9.17, 15) is 9.59 Å². The minimum atomic E-state index is -0.299. The summed E-state index contributed by atoms with van der Waals surface area (Å²) in [6, 6.07) is 3.17. The van der Waals surface area contributed by atoms with Crippen LogP contribution >= 0.6 is 0 Å². The second kappa shape index (κ2) is 6.79. The Labute approximate surface area is 127 Å². The molecule has 2 aromatic heterocycles. The Kier molecular flexibility index (Phi) is 4.82. The van der Waals surface area contributed by atoms with E-state index in [1.807, 2.05) is 19.0 Å². The maximum Gasteiger partial charge on any atom is 0.253 e. The zero-order valence-corrected chi connectivity index (χ0v) is 12.8. The molecule has 2 aromatic rings. The van der Waals surface area contributed by atoms with Gasteiger partial charge in [-0.15, -0.1) is 0 Å². The highest BCUT2D eigenvalue weighted by Crippen LogP contribution is 2.04. The second-order valence-corrected chi connectivity index (χ2v) is 5.00. The van der Waals surface area contributed by atoms with E-state index in [4.69, 9.17) is 0 Å². The highest BCUT2D eigenvalue weighted by Gasteiger charge is 2.07. The zero-order valence-electron chi connectivity index (χ0n) is 12.8. The van der Waals surface area contributed by atoms with E-state index in [-0.39, 0.29) is 24.6 Å². The average Bonchev–Trinajstić information content (AvgIpc) is 2.48. The molecule has 8 heteroatoms. The fourth-order valence-corrected chi connectivity index (χ4v) is 1.75. The number of aromatic nitrogens is 4. The quantitative estimate of drug-likeness (QED) is 0.817. The van der Waals surface area contributed by atoms with Crippen molar-refractivity contribution in [3.05, 3.63) is 46.5 Å². The summed E-state index contributed by atoms with van der Waals surface area (Å²) in [6.45, 7) is 1.84. The van der Waals surface area contributed by atoms with Crippen molar-refractivity contribution < 1.29 is 4.79 Å². The molecule has 0 saturated carbocycles. The smallest absolute Gasteiger partial charge is 0.253 e. The van der Waals surface area contributed by atoms with Crippen LogP contribution < -0.4 is 15.8 Å². The topological polar surface area (TPSA) is 93.0 Å². The molecule has 22 heavy (non-hydrogen) atoms. The lowest BCUT2D eigenvalue weighted by Crippen LogP contribution is -2.32. The summed E-state index contributed by atoms with van der Waals surface area (Å²) in [5.74, 6) is 0.971. The first-order valence-electron chi connectivity index (χ1n) is 6.75. The molecule has 0 aliphatic carbocycles. The summed E-state index contributed by atoms with van der Waals surface area (Å²) in [5.41, 5.74) is 0.365. The first-order valence-corrected chi connectivity index (χ1v) is 6.75. The van der Waals surface area contributed by atoms with Crippen LogP contribution in [0, 0.1) is 6.92 Å². The highest BCUT2D eigenvalue weighted by molar-refractivity contribution is 5.75. The second-order valence-electron chi connectivity index (χ2n) is 5.00. The van der Waals surface area contributed by atoms with Crippen molar-refractivity contribution in [2.75, 3.05) is 19.0 Å². The maximum atomic E-state index is 11.9. The molecule has 116 valence electrons. The summed E-state index contributed by atoms with van der Waals surface area (Å²) >= 11 is 0. The normalized spacial score (nSPS) is 10.3. The van der Waals surface area contributed by atoms with Crippen LogP contribution in [0.25, 0.3) is 0 Å². The average molecular weight is 302 g/mol. The van der Waals surface area contributed by atoms with Gasteiger partial charge in [-0.05, 0) is 13.0 Å². The molecule has 0 saturated heterocycles. The molecule has 0 bridgehead atoms. The summed E-state index contributed by atoms with van der Waals surface area (Å²) in [7, 11) is 3.75. The van der Waals surface area contributed by atoms with Crippen molar-refractivity contribution in [1.82, 2.24) is 24.8 Å². The van der Waals surface area contributed by atoms with Crippen LogP contribution in [0.3, 0.4) is 0 Å². The lowest BCUT2D eigenvalue weighted by atomic mass is 10.4.